The number of fused-ring (bicyclic) bond motifs is 1. The van der Waals surface area contributed by atoms with Gasteiger partial charge in [0.25, 0.3) is 5.91 Å². The van der Waals surface area contributed by atoms with Crippen molar-refractivity contribution in [3.8, 4) is 6.07 Å². The fourth-order valence-electron chi connectivity index (χ4n) is 4.16. The standard InChI is InChI=1S/C26H30N6O6/c1-31(2)20-7-6-16-8-15(4-5-17(16)10-20)9-18(11-27)25(36)28-12-19-13-32(30-29-19)14-21-22(33)23(34)24(35)26(37-3)38-21/h4-10,13,21-24,26,33-35H,12,14H2,1-3H3,(H,28,36)/b18-9+/t21-,22-,23+,24-,26+/m1/s1. The molecule has 12 heteroatoms. The molecule has 1 saturated heterocycles. The van der Waals surface area contributed by atoms with Gasteiger partial charge < -0.3 is 35.0 Å². The minimum atomic E-state index is -1.45. The zero-order valence-electron chi connectivity index (χ0n) is 21.2. The molecule has 4 N–H and O–H groups in total. The van der Waals surface area contributed by atoms with Gasteiger partial charge in [-0.1, -0.05) is 23.4 Å². The number of aliphatic hydroxyl groups is 3. The Morgan fingerprint density at radius 1 is 1.18 bits per heavy atom. The van der Waals surface area contributed by atoms with E-state index in [-0.39, 0.29) is 18.7 Å². The number of nitriles is 1. The first-order chi connectivity index (χ1) is 18.2. The van der Waals surface area contributed by atoms with Crippen LogP contribution < -0.4 is 10.2 Å². The monoisotopic (exact) mass is 522 g/mol. The minimum Gasteiger partial charge on any atom is -0.388 e. The third-order valence-electron chi connectivity index (χ3n) is 6.32. The third kappa shape index (κ3) is 5.99. The largest absolute Gasteiger partial charge is 0.388 e. The summed E-state index contributed by atoms with van der Waals surface area (Å²) in [5, 5.41) is 52.3. The normalized spacial score (nSPS) is 23.7. The van der Waals surface area contributed by atoms with Crippen LogP contribution in [0.4, 0.5) is 5.69 Å². The van der Waals surface area contributed by atoms with Crippen LogP contribution in [0.3, 0.4) is 0 Å². The van der Waals surface area contributed by atoms with E-state index >= 15 is 0 Å². The van der Waals surface area contributed by atoms with Crippen LogP contribution in [0.2, 0.25) is 0 Å². The third-order valence-corrected chi connectivity index (χ3v) is 6.32. The van der Waals surface area contributed by atoms with Crippen molar-refractivity contribution in [3.63, 3.8) is 0 Å². The Hall–Kier alpha value is -3.86. The summed E-state index contributed by atoms with van der Waals surface area (Å²) < 4.78 is 11.9. The Bertz CT molecular complexity index is 1360. The van der Waals surface area contributed by atoms with Gasteiger partial charge in [0.15, 0.2) is 6.29 Å². The molecule has 0 saturated carbocycles. The first-order valence-corrected chi connectivity index (χ1v) is 11.9. The van der Waals surface area contributed by atoms with Crippen molar-refractivity contribution in [2.75, 3.05) is 26.1 Å². The predicted molar refractivity (Wildman–Crippen MR) is 137 cm³/mol. The molecule has 38 heavy (non-hydrogen) atoms. The van der Waals surface area contributed by atoms with Gasteiger partial charge in [-0.25, -0.2) is 4.68 Å². The van der Waals surface area contributed by atoms with Gasteiger partial charge in [0.1, 0.15) is 41.8 Å². The predicted octanol–water partition coefficient (Wildman–Crippen LogP) is 0.175. The molecular weight excluding hydrogens is 492 g/mol. The SMILES string of the molecule is CO[C@H]1O[C@H](Cn2cc(CNC(=O)/C(C#N)=C/c3ccc4cc(N(C)C)ccc4c3)nn2)[C@@H](O)[C@H](O)[C@H]1O. The number of carbonyl (C=O) groups excluding carboxylic acids is 1. The van der Waals surface area contributed by atoms with Crippen molar-refractivity contribution >= 4 is 28.4 Å². The van der Waals surface area contributed by atoms with Crippen molar-refractivity contribution in [3.05, 3.63) is 59.4 Å². The first-order valence-electron chi connectivity index (χ1n) is 11.9. The van der Waals surface area contributed by atoms with Crippen LogP contribution >= 0.6 is 0 Å². The summed E-state index contributed by atoms with van der Waals surface area (Å²) in [5.41, 5.74) is 2.15. The zero-order chi connectivity index (χ0) is 27.4. The van der Waals surface area contributed by atoms with E-state index in [0.29, 0.717) is 5.69 Å². The smallest absolute Gasteiger partial charge is 0.262 e. The molecule has 1 fully saturated rings. The van der Waals surface area contributed by atoms with Crippen molar-refractivity contribution in [1.29, 1.82) is 5.26 Å². The van der Waals surface area contributed by atoms with Crippen LogP contribution in [-0.4, -0.2) is 88.1 Å². The molecule has 2 heterocycles. The van der Waals surface area contributed by atoms with Crippen LogP contribution in [0, 0.1) is 11.3 Å². The number of aromatic nitrogens is 3. The Balaban J connectivity index is 1.38. The van der Waals surface area contributed by atoms with E-state index in [1.54, 1.807) is 0 Å². The molecule has 1 aliphatic heterocycles. The Labute approximate surface area is 219 Å². The number of aliphatic hydroxyl groups excluding tert-OH is 3. The molecule has 0 radical (unpaired) electrons. The average Bonchev–Trinajstić information content (AvgIpc) is 3.37. The summed E-state index contributed by atoms with van der Waals surface area (Å²) in [6.45, 7) is 0.0338. The van der Waals surface area contributed by atoms with Gasteiger partial charge in [-0.15, -0.1) is 5.10 Å². The second kappa shape index (κ2) is 11.7. The molecule has 0 bridgehead atoms. The lowest BCUT2D eigenvalue weighted by Crippen LogP contribution is -2.58. The highest BCUT2D eigenvalue weighted by Crippen LogP contribution is 2.24. The van der Waals surface area contributed by atoms with Gasteiger partial charge >= 0.3 is 0 Å². The fourth-order valence-corrected chi connectivity index (χ4v) is 4.16. The highest BCUT2D eigenvalue weighted by Gasteiger charge is 2.44. The molecule has 1 aliphatic rings. The quantitative estimate of drug-likeness (QED) is 0.237. The van der Waals surface area contributed by atoms with E-state index in [1.807, 2.05) is 55.4 Å². The van der Waals surface area contributed by atoms with Gasteiger partial charge in [0, 0.05) is 26.9 Å². The van der Waals surface area contributed by atoms with Crippen molar-refractivity contribution in [1.82, 2.24) is 20.3 Å². The molecule has 2 aromatic carbocycles. The molecule has 4 rings (SSSR count). The molecule has 12 nitrogen and oxygen atoms in total. The van der Waals surface area contributed by atoms with Gasteiger partial charge in [0.05, 0.1) is 19.3 Å². The summed E-state index contributed by atoms with van der Waals surface area (Å²) in [5.74, 6) is -0.559. The van der Waals surface area contributed by atoms with Gasteiger partial charge in [-0.05, 0) is 40.6 Å². The van der Waals surface area contributed by atoms with Crippen LogP contribution in [-0.2, 0) is 27.4 Å². The number of anilines is 1. The number of hydrogen-bond donors (Lipinski definition) is 4. The molecule has 1 aromatic heterocycles. The van der Waals surface area contributed by atoms with Crippen LogP contribution in [0.25, 0.3) is 16.8 Å². The van der Waals surface area contributed by atoms with Crippen molar-refractivity contribution < 1.29 is 29.6 Å². The van der Waals surface area contributed by atoms with E-state index in [2.05, 4.69) is 21.7 Å². The average molecular weight is 523 g/mol. The maximum absolute atomic E-state index is 12.7. The molecule has 0 spiro atoms. The maximum atomic E-state index is 12.7. The van der Waals surface area contributed by atoms with E-state index in [9.17, 15) is 25.4 Å². The topological polar surface area (TPSA) is 166 Å². The highest BCUT2D eigenvalue weighted by molar-refractivity contribution is 6.02. The number of nitrogens with zero attached hydrogens (tertiary/aromatic N) is 5. The van der Waals surface area contributed by atoms with E-state index < -0.39 is 36.6 Å². The Morgan fingerprint density at radius 3 is 2.63 bits per heavy atom. The van der Waals surface area contributed by atoms with Gasteiger partial charge in [0.2, 0.25) is 0 Å². The lowest BCUT2D eigenvalue weighted by atomic mass is 9.99. The fraction of sp³-hybridized carbons (Fsp3) is 0.385. The van der Waals surface area contributed by atoms with E-state index in [0.717, 1.165) is 22.0 Å². The number of benzene rings is 2. The number of ether oxygens (including phenoxy) is 2. The molecule has 0 aliphatic carbocycles. The number of carbonyl (C=O) groups is 1. The lowest BCUT2D eigenvalue weighted by molar-refractivity contribution is -0.292. The number of amides is 1. The second-order valence-electron chi connectivity index (χ2n) is 9.22. The Morgan fingerprint density at radius 2 is 1.92 bits per heavy atom. The summed E-state index contributed by atoms with van der Waals surface area (Å²) >= 11 is 0. The molecule has 1 amide bonds. The van der Waals surface area contributed by atoms with Crippen LogP contribution in [0.5, 0.6) is 0 Å². The van der Waals surface area contributed by atoms with Crippen LogP contribution in [0.15, 0.2) is 48.2 Å². The number of hydrogen-bond acceptors (Lipinski definition) is 10. The van der Waals surface area contributed by atoms with E-state index in [1.165, 1.54) is 24.1 Å². The summed E-state index contributed by atoms with van der Waals surface area (Å²) in [4.78, 5) is 14.7. The second-order valence-corrected chi connectivity index (χ2v) is 9.22. The Kier molecular flexibility index (Phi) is 8.35. The van der Waals surface area contributed by atoms with E-state index in [4.69, 9.17) is 9.47 Å². The van der Waals surface area contributed by atoms with Gasteiger partial charge in [-0.2, -0.15) is 5.26 Å². The summed E-state index contributed by atoms with van der Waals surface area (Å²) in [7, 11) is 5.26. The summed E-state index contributed by atoms with van der Waals surface area (Å²) in [6, 6.07) is 13.7. The number of methoxy groups -OCH3 is 1. The number of nitrogens with one attached hydrogen (secondary N) is 1. The summed E-state index contributed by atoms with van der Waals surface area (Å²) in [6.07, 6.45) is -3.15. The molecule has 200 valence electrons. The molecule has 3 aromatic rings. The molecule has 0 unspecified atom stereocenters. The van der Waals surface area contributed by atoms with Crippen molar-refractivity contribution in [2.24, 2.45) is 0 Å². The zero-order valence-corrected chi connectivity index (χ0v) is 21.2. The number of rotatable bonds is 8. The highest BCUT2D eigenvalue weighted by atomic mass is 16.7. The minimum absolute atomic E-state index is 0.0129. The lowest BCUT2D eigenvalue weighted by Gasteiger charge is -2.39. The van der Waals surface area contributed by atoms with Crippen molar-refractivity contribution in [2.45, 2.75) is 43.8 Å². The molecule has 5 atom stereocenters. The maximum Gasteiger partial charge on any atom is 0.262 e. The molecular formula is C26H30N6O6. The van der Waals surface area contributed by atoms with Crippen LogP contribution in [0.1, 0.15) is 11.3 Å². The van der Waals surface area contributed by atoms with Gasteiger partial charge in [-0.3, -0.25) is 4.79 Å². The first kappa shape index (κ1) is 27.2.